The Bertz CT molecular complexity index is 838. The van der Waals surface area contributed by atoms with Gasteiger partial charge < -0.3 is 14.4 Å². The molecule has 31 heavy (non-hydrogen) atoms. The Kier molecular flexibility index (Phi) is 7.41. The van der Waals surface area contributed by atoms with Crippen LogP contribution in [0.4, 0.5) is 29.7 Å². The number of thiocarbonyl (C=S) groups is 1. The Balaban J connectivity index is 1.71. The molecule has 2 fully saturated rings. The van der Waals surface area contributed by atoms with Crippen molar-refractivity contribution in [2.45, 2.75) is 18.9 Å². The summed E-state index contributed by atoms with van der Waals surface area (Å²) in [5.74, 6) is 3.39. The fourth-order valence-corrected chi connectivity index (χ4v) is 3.50. The molecule has 3 N–H and O–H groups in total. The number of methoxy groups -OCH3 is 1. The molecule has 2 aliphatic rings. The number of hydrazine groups is 1. The third-order valence-corrected chi connectivity index (χ3v) is 5.30. The lowest BCUT2D eigenvalue weighted by atomic mass is 10.2. The van der Waals surface area contributed by atoms with Gasteiger partial charge in [-0.25, -0.2) is 29.3 Å². The van der Waals surface area contributed by atoms with Crippen molar-refractivity contribution in [3.8, 4) is 0 Å². The number of hydroxylamine groups is 2. The summed E-state index contributed by atoms with van der Waals surface area (Å²) in [6, 6.07) is 1.50. The minimum Gasteiger partial charge on any atom is -0.490 e. The molecule has 0 unspecified atom stereocenters. The summed E-state index contributed by atoms with van der Waals surface area (Å²) < 4.78 is 39.9. The highest BCUT2D eigenvalue weighted by molar-refractivity contribution is 7.80. The van der Waals surface area contributed by atoms with E-state index in [0.717, 1.165) is 17.2 Å². The van der Waals surface area contributed by atoms with Gasteiger partial charge in [0.15, 0.2) is 16.7 Å². The highest BCUT2D eigenvalue weighted by Gasteiger charge is 2.34. The molecule has 0 bridgehead atoms. The average molecular weight is 459 g/mol. The lowest BCUT2D eigenvalue weighted by Gasteiger charge is -2.24. The Hall–Kier alpha value is -2.77. The minimum atomic E-state index is -0.844. The molecule has 0 spiro atoms. The molecular weight excluding hydrogens is 436 g/mol. The standard InChI is InChI=1S/C18H23F2N5O5S/c1-28-15(31)3-2-12-10-24(18(27)30-12)11-8-13(19)16(14(20)9-11)23-4-5-25(17(26)22-21)29-7-6-23/h8-9,12H,2-7,10,21H2,1H3,(H,22,26)/t12-/m0/s1. The second-order valence-electron chi connectivity index (χ2n) is 6.86. The van der Waals surface area contributed by atoms with E-state index in [4.69, 9.17) is 32.4 Å². The first-order valence-corrected chi connectivity index (χ1v) is 9.94. The van der Waals surface area contributed by atoms with Gasteiger partial charge in [0.2, 0.25) is 0 Å². The number of nitrogens with zero attached hydrogens (tertiary/aromatic N) is 3. The normalized spacial score (nSPS) is 19.2. The Morgan fingerprint density at radius 2 is 2.03 bits per heavy atom. The molecule has 3 amide bonds. The molecule has 170 valence electrons. The number of amides is 3. The zero-order valence-corrected chi connectivity index (χ0v) is 17.6. The van der Waals surface area contributed by atoms with Crippen molar-refractivity contribution >= 4 is 40.8 Å². The molecule has 0 aliphatic carbocycles. The fourth-order valence-electron chi connectivity index (χ4n) is 3.38. The first kappa shape index (κ1) is 22.9. The largest absolute Gasteiger partial charge is 0.490 e. The zero-order valence-electron chi connectivity index (χ0n) is 16.8. The number of nitrogens with one attached hydrogen (secondary N) is 1. The van der Waals surface area contributed by atoms with E-state index < -0.39 is 29.9 Å². The van der Waals surface area contributed by atoms with Gasteiger partial charge in [0, 0.05) is 31.6 Å². The van der Waals surface area contributed by atoms with Gasteiger partial charge >= 0.3 is 12.1 Å². The first-order chi connectivity index (χ1) is 14.8. The summed E-state index contributed by atoms with van der Waals surface area (Å²) in [7, 11) is 1.46. The van der Waals surface area contributed by atoms with Crippen molar-refractivity contribution in [2.24, 2.45) is 5.84 Å². The van der Waals surface area contributed by atoms with E-state index in [1.165, 1.54) is 16.9 Å². The number of ether oxygens (including phenoxy) is 2. The summed E-state index contributed by atoms with van der Waals surface area (Å²) in [4.78, 5) is 31.6. The molecule has 2 aliphatic heterocycles. The SMILES string of the molecule is COC(=S)CC[C@H]1CN(c2cc(F)c(N3CCON(C(=O)NN)CC3)c(F)c2)C(=O)O1. The first-order valence-electron chi connectivity index (χ1n) is 9.54. The van der Waals surface area contributed by atoms with Crippen LogP contribution in [-0.2, 0) is 14.3 Å². The Morgan fingerprint density at radius 1 is 1.32 bits per heavy atom. The summed E-state index contributed by atoms with van der Waals surface area (Å²) in [5, 5.41) is 1.37. The predicted molar refractivity (Wildman–Crippen MR) is 110 cm³/mol. The molecule has 2 saturated heterocycles. The maximum absolute atomic E-state index is 14.9. The topological polar surface area (TPSA) is 110 Å². The zero-order chi connectivity index (χ0) is 22.5. The molecule has 3 rings (SSSR count). The van der Waals surface area contributed by atoms with Crippen LogP contribution >= 0.6 is 12.2 Å². The van der Waals surface area contributed by atoms with Crippen LogP contribution < -0.4 is 21.1 Å². The average Bonchev–Trinajstić information content (AvgIpc) is 2.95. The highest BCUT2D eigenvalue weighted by Crippen LogP contribution is 2.32. The van der Waals surface area contributed by atoms with Gasteiger partial charge in [-0.05, 0) is 18.6 Å². The van der Waals surface area contributed by atoms with Crippen LogP contribution in [0, 0.1) is 11.6 Å². The number of hydrogen-bond donors (Lipinski definition) is 2. The van der Waals surface area contributed by atoms with Crippen LogP contribution in [0.3, 0.4) is 0 Å². The van der Waals surface area contributed by atoms with Gasteiger partial charge in [0.25, 0.3) is 0 Å². The van der Waals surface area contributed by atoms with Gasteiger partial charge in [-0.15, -0.1) is 0 Å². The quantitative estimate of drug-likeness (QED) is 0.296. The number of urea groups is 1. The van der Waals surface area contributed by atoms with Crippen LogP contribution in [0.5, 0.6) is 0 Å². The lowest BCUT2D eigenvalue weighted by Crippen LogP contribution is -2.44. The van der Waals surface area contributed by atoms with Crippen molar-refractivity contribution in [3.05, 3.63) is 23.8 Å². The van der Waals surface area contributed by atoms with Crippen molar-refractivity contribution in [3.63, 3.8) is 0 Å². The number of carbonyl (C=O) groups excluding carboxylic acids is 2. The number of cyclic esters (lactones) is 1. The minimum absolute atomic E-state index is 0.0253. The van der Waals surface area contributed by atoms with Crippen LogP contribution in [0.1, 0.15) is 12.8 Å². The number of benzene rings is 1. The molecule has 0 aromatic heterocycles. The summed E-state index contributed by atoms with van der Waals surface area (Å²) >= 11 is 4.97. The summed E-state index contributed by atoms with van der Waals surface area (Å²) in [6.07, 6.45) is -0.283. The second kappa shape index (κ2) is 10.0. The van der Waals surface area contributed by atoms with Crippen molar-refractivity contribution < 1.29 is 32.7 Å². The van der Waals surface area contributed by atoms with E-state index in [0.29, 0.717) is 17.9 Å². The van der Waals surface area contributed by atoms with E-state index in [2.05, 4.69) is 0 Å². The number of carbonyl (C=O) groups is 2. The van der Waals surface area contributed by atoms with E-state index in [1.807, 2.05) is 5.43 Å². The number of anilines is 2. The highest BCUT2D eigenvalue weighted by atomic mass is 32.1. The molecule has 2 heterocycles. The van der Waals surface area contributed by atoms with Crippen molar-refractivity contribution in [2.75, 3.05) is 49.7 Å². The Labute approximate surface area is 182 Å². The number of rotatable bonds is 5. The molecular formula is C18H23F2N5O5S. The molecule has 10 nitrogen and oxygen atoms in total. The molecule has 1 aromatic carbocycles. The van der Waals surface area contributed by atoms with Crippen LogP contribution in [0.15, 0.2) is 12.1 Å². The van der Waals surface area contributed by atoms with Crippen LogP contribution in [0.25, 0.3) is 0 Å². The van der Waals surface area contributed by atoms with Crippen LogP contribution in [0.2, 0.25) is 0 Å². The van der Waals surface area contributed by atoms with E-state index >= 15 is 0 Å². The van der Waals surface area contributed by atoms with E-state index in [9.17, 15) is 18.4 Å². The Morgan fingerprint density at radius 3 is 2.68 bits per heavy atom. The predicted octanol–water partition coefficient (Wildman–Crippen LogP) is 1.68. The molecule has 0 saturated carbocycles. The number of halogens is 2. The van der Waals surface area contributed by atoms with Gasteiger partial charge in [-0.3, -0.25) is 15.2 Å². The molecule has 13 heteroatoms. The van der Waals surface area contributed by atoms with E-state index in [-0.39, 0.29) is 44.2 Å². The number of nitrogens with two attached hydrogens (primary N) is 1. The maximum Gasteiger partial charge on any atom is 0.414 e. The van der Waals surface area contributed by atoms with Gasteiger partial charge in [0.1, 0.15) is 11.8 Å². The monoisotopic (exact) mass is 459 g/mol. The third-order valence-electron chi connectivity index (χ3n) is 4.93. The van der Waals surface area contributed by atoms with Gasteiger partial charge in [0.05, 0.1) is 32.5 Å². The summed E-state index contributed by atoms with van der Waals surface area (Å²) in [6.45, 7) is 0.484. The second-order valence-corrected chi connectivity index (χ2v) is 7.32. The summed E-state index contributed by atoms with van der Waals surface area (Å²) in [5.41, 5.74) is 1.72. The van der Waals surface area contributed by atoms with Crippen molar-refractivity contribution in [1.82, 2.24) is 10.5 Å². The van der Waals surface area contributed by atoms with Crippen molar-refractivity contribution in [1.29, 1.82) is 0 Å². The maximum atomic E-state index is 14.9. The van der Waals surface area contributed by atoms with Gasteiger partial charge in [-0.2, -0.15) is 0 Å². The van der Waals surface area contributed by atoms with Crippen LogP contribution in [-0.4, -0.2) is 68.2 Å². The smallest absolute Gasteiger partial charge is 0.414 e. The fraction of sp³-hybridized carbons (Fsp3) is 0.500. The molecule has 1 aromatic rings. The molecule has 1 atom stereocenters. The lowest BCUT2D eigenvalue weighted by molar-refractivity contribution is -0.104. The van der Waals surface area contributed by atoms with Gasteiger partial charge in [-0.1, -0.05) is 0 Å². The molecule has 0 radical (unpaired) electrons. The van der Waals surface area contributed by atoms with E-state index in [1.54, 1.807) is 0 Å². The third kappa shape index (κ3) is 5.29. The number of hydrogen-bond acceptors (Lipinski definition) is 8.